The van der Waals surface area contributed by atoms with Gasteiger partial charge in [0.05, 0.1) is 17.3 Å². The number of fused-ring (bicyclic) bond motifs is 10. The van der Waals surface area contributed by atoms with Crippen LogP contribution in [0.5, 0.6) is 0 Å². The Balaban J connectivity index is 1.26. The van der Waals surface area contributed by atoms with E-state index in [0.29, 0.717) is 0 Å². The predicted octanol–water partition coefficient (Wildman–Crippen LogP) is 13.1. The molecule has 11 aromatic rings. The molecule has 0 radical (unpaired) electrons. The van der Waals surface area contributed by atoms with Gasteiger partial charge >= 0.3 is 0 Å². The topological polar surface area (TPSA) is 31.2 Å². The average molecular weight is 626 g/mol. The van der Waals surface area contributed by atoms with Gasteiger partial charge in [-0.25, -0.2) is 0 Å². The van der Waals surface area contributed by atoms with Crippen molar-refractivity contribution in [1.82, 2.24) is 4.57 Å². The quantitative estimate of drug-likeness (QED) is 0.183. The Morgan fingerprint density at radius 2 is 1.02 bits per heavy atom. The van der Waals surface area contributed by atoms with E-state index < -0.39 is 0 Å². The summed E-state index contributed by atoms with van der Waals surface area (Å²) in [5.41, 5.74) is 11.0. The molecule has 3 nitrogen and oxygen atoms in total. The van der Waals surface area contributed by atoms with Crippen LogP contribution < -0.4 is 0 Å². The molecule has 0 bridgehead atoms. The summed E-state index contributed by atoms with van der Waals surface area (Å²) >= 11 is 0. The molecular weight excluding hydrogens is 599 g/mol. The molecule has 228 valence electrons. The summed E-state index contributed by atoms with van der Waals surface area (Å²) in [4.78, 5) is 0. The molecule has 0 spiro atoms. The van der Waals surface area contributed by atoms with Crippen molar-refractivity contribution in [1.29, 1.82) is 0 Å². The molecule has 0 saturated heterocycles. The summed E-state index contributed by atoms with van der Waals surface area (Å²) in [6.07, 6.45) is 1.76. The van der Waals surface area contributed by atoms with Crippen molar-refractivity contribution in [3.63, 3.8) is 0 Å². The summed E-state index contributed by atoms with van der Waals surface area (Å²) in [5, 5.41) is 10.6. The molecule has 0 fully saturated rings. The second-order valence-corrected chi connectivity index (χ2v) is 12.8. The van der Waals surface area contributed by atoms with Crippen molar-refractivity contribution in [2.75, 3.05) is 0 Å². The minimum atomic E-state index is 0.860. The van der Waals surface area contributed by atoms with Crippen LogP contribution in [0.2, 0.25) is 0 Å². The largest absolute Gasteiger partial charge is 0.464 e. The van der Waals surface area contributed by atoms with Crippen molar-refractivity contribution in [3.8, 4) is 27.9 Å². The van der Waals surface area contributed by atoms with Gasteiger partial charge in [-0.15, -0.1) is 0 Å². The number of benzene rings is 8. The molecule has 0 aliphatic rings. The maximum absolute atomic E-state index is 6.48. The zero-order valence-corrected chi connectivity index (χ0v) is 26.4. The Bertz CT molecular complexity index is 3050. The molecule has 0 atom stereocenters. The summed E-state index contributed by atoms with van der Waals surface area (Å²) in [5.74, 6) is 0. The number of para-hydroxylation sites is 2. The van der Waals surface area contributed by atoms with Gasteiger partial charge in [-0.3, -0.25) is 0 Å². The molecule has 0 N–H and O–H groups in total. The summed E-state index contributed by atoms with van der Waals surface area (Å²) < 4.78 is 14.7. The third-order valence-corrected chi connectivity index (χ3v) is 10.3. The second kappa shape index (κ2) is 9.96. The zero-order valence-electron chi connectivity index (χ0n) is 26.4. The van der Waals surface area contributed by atoms with E-state index in [0.717, 1.165) is 44.2 Å². The predicted molar refractivity (Wildman–Crippen MR) is 204 cm³/mol. The van der Waals surface area contributed by atoms with Gasteiger partial charge in [-0.2, -0.15) is 0 Å². The molecule has 3 heterocycles. The van der Waals surface area contributed by atoms with Gasteiger partial charge in [0.1, 0.15) is 16.7 Å². The van der Waals surface area contributed by atoms with E-state index in [2.05, 4.69) is 144 Å². The number of rotatable bonds is 3. The first-order chi connectivity index (χ1) is 24.3. The third kappa shape index (κ3) is 3.67. The van der Waals surface area contributed by atoms with E-state index in [1.54, 1.807) is 6.26 Å². The fourth-order valence-corrected chi connectivity index (χ4v) is 8.28. The van der Waals surface area contributed by atoms with Crippen molar-refractivity contribution in [2.24, 2.45) is 0 Å². The van der Waals surface area contributed by atoms with Crippen molar-refractivity contribution >= 4 is 76.3 Å². The molecule has 3 heteroatoms. The highest BCUT2D eigenvalue weighted by Gasteiger charge is 2.22. The first kappa shape index (κ1) is 26.5. The van der Waals surface area contributed by atoms with Crippen LogP contribution in [-0.2, 0) is 0 Å². The Hall–Kier alpha value is -6.58. The lowest BCUT2D eigenvalue weighted by molar-refractivity contribution is 0.615. The SMILES string of the molecule is c1ccc(-n2c3ccccc3c3ccc(-c4c5ccccc5c(-c5cccc6oc7ccc8occc8c7c56)c5ccccc45)cc32)cc1. The Labute approximate surface area is 280 Å². The van der Waals surface area contributed by atoms with Crippen LogP contribution >= 0.6 is 0 Å². The summed E-state index contributed by atoms with van der Waals surface area (Å²) in [6, 6.07) is 56.6. The standard InChI is InChI=1S/C46H27NO2/c1-2-11-29(12-3-1)47-38-19-9-8-13-30(38)31-22-21-28(27-39(31)47)43-32-14-4-6-16-34(32)44(35-17-7-5-15-33(35)43)37-18-10-20-41-46(37)45-36-25-26-48-40(36)23-24-42(45)49-41/h1-27H. The molecular formula is C46H27NO2. The number of nitrogens with zero attached hydrogens (tertiary/aromatic N) is 1. The van der Waals surface area contributed by atoms with Gasteiger partial charge in [-0.05, 0) is 92.3 Å². The highest BCUT2D eigenvalue weighted by molar-refractivity contribution is 6.28. The van der Waals surface area contributed by atoms with E-state index in [1.165, 1.54) is 60.0 Å². The fraction of sp³-hybridized carbons (Fsp3) is 0. The highest BCUT2D eigenvalue weighted by atomic mass is 16.3. The van der Waals surface area contributed by atoms with Gasteiger partial charge in [0, 0.05) is 32.6 Å². The first-order valence-corrected chi connectivity index (χ1v) is 16.7. The minimum Gasteiger partial charge on any atom is -0.464 e. The molecule has 0 aliphatic heterocycles. The van der Waals surface area contributed by atoms with Gasteiger partial charge in [0.25, 0.3) is 0 Å². The smallest absolute Gasteiger partial charge is 0.136 e. The Kier molecular flexibility index (Phi) is 5.38. The number of hydrogen-bond donors (Lipinski definition) is 0. The summed E-state index contributed by atoms with van der Waals surface area (Å²) in [7, 11) is 0. The fourth-order valence-electron chi connectivity index (χ4n) is 8.28. The minimum absolute atomic E-state index is 0.860. The van der Waals surface area contributed by atoms with Crippen molar-refractivity contribution in [3.05, 3.63) is 164 Å². The van der Waals surface area contributed by atoms with E-state index in [-0.39, 0.29) is 0 Å². The molecule has 8 aromatic carbocycles. The number of aromatic nitrogens is 1. The molecule has 0 unspecified atom stereocenters. The zero-order chi connectivity index (χ0) is 32.1. The van der Waals surface area contributed by atoms with E-state index >= 15 is 0 Å². The molecule has 0 amide bonds. The van der Waals surface area contributed by atoms with Crippen LogP contribution in [0.1, 0.15) is 0 Å². The normalized spacial score (nSPS) is 12.1. The third-order valence-electron chi connectivity index (χ3n) is 10.3. The molecule has 11 rings (SSSR count). The van der Waals surface area contributed by atoms with Crippen LogP contribution in [-0.4, -0.2) is 4.57 Å². The summed E-state index contributed by atoms with van der Waals surface area (Å²) in [6.45, 7) is 0. The van der Waals surface area contributed by atoms with Gasteiger partial charge < -0.3 is 13.4 Å². The van der Waals surface area contributed by atoms with Gasteiger partial charge in [0.15, 0.2) is 0 Å². The van der Waals surface area contributed by atoms with Crippen molar-refractivity contribution < 1.29 is 8.83 Å². The molecule has 0 saturated carbocycles. The van der Waals surface area contributed by atoms with Crippen LogP contribution in [0.4, 0.5) is 0 Å². The Morgan fingerprint density at radius 3 is 1.80 bits per heavy atom. The lowest BCUT2D eigenvalue weighted by Gasteiger charge is -2.18. The monoisotopic (exact) mass is 625 g/mol. The maximum Gasteiger partial charge on any atom is 0.136 e. The second-order valence-electron chi connectivity index (χ2n) is 12.8. The molecule has 3 aromatic heterocycles. The van der Waals surface area contributed by atoms with Crippen LogP contribution in [0, 0.1) is 0 Å². The lowest BCUT2D eigenvalue weighted by atomic mass is 9.84. The number of furan rings is 2. The molecule has 49 heavy (non-hydrogen) atoms. The van der Waals surface area contributed by atoms with Gasteiger partial charge in [0.2, 0.25) is 0 Å². The van der Waals surface area contributed by atoms with Crippen LogP contribution in [0.15, 0.2) is 173 Å². The maximum atomic E-state index is 6.48. The van der Waals surface area contributed by atoms with Gasteiger partial charge in [-0.1, -0.05) is 109 Å². The number of hydrogen-bond acceptors (Lipinski definition) is 2. The first-order valence-electron chi connectivity index (χ1n) is 16.7. The average Bonchev–Trinajstić information content (AvgIpc) is 3.88. The molecule has 0 aliphatic carbocycles. The Morgan fingerprint density at radius 1 is 0.388 bits per heavy atom. The highest BCUT2D eigenvalue weighted by Crippen LogP contribution is 2.48. The van der Waals surface area contributed by atoms with E-state index in [1.807, 2.05) is 18.2 Å². The lowest BCUT2D eigenvalue weighted by Crippen LogP contribution is -1.94. The van der Waals surface area contributed by atoms with E-state index in [4.69, 9.17) is 8.83 Å². The van der Waals surface area contributed by atoms with E-state index in [9.17, 15) is 0 Å². The van der Waals surface area contributed by atoms with Crippen molar-refractivity contribution in [2.45, 2.75) is 0 Å². The van der Waals surface area contributed by atoms with Crippen LogP contribution in [0.3, 0.4) is 0 Å². The van der Waals surface area contributed by atoms with Crippen LogP contribution in [0.25, 0.3) is 104 Å².